The van der Waals surface area contributed by atoms with Gasteiger partial charge in [-0.1, -0.05) is 0 Å². The molecule has 0 saturated heterocycles. The van der Waals surface area contributed by atoms with E-state index in [1.165, 1.54) is 6.92 Å². The molecular formula is C10H18O8. The topological polar surface area (TPSA) is 145 Å². The summed E-state index contributed by atoms with van der Waals surface area (Å²) in [5.41, 5.74) is 0. The molecule has 0 aromatic heterocycles. The molecule has 18 heavy (non-hydrogen) atoms. The fourth-order valence-corrected chi connectivity index (χ4v) is 1.17. The number of ketones is 1. The first-order valence-corrected chi connectivity index (χ1v) is 5.36. The summed E-state index contributed by atoms with van der Waals surface area (Å²) in [6.07, 6.45) is -8.42. The summed E-state index contributed by atoms with van der Waals surface area (Å²) < 4.78 is 4.47. The molecule has 0 radical (unpaired) electrons. The van der Waals surface area contributed by atoms with Gasteiger partial charge in [-0.2, -0.15) is 0 Å². The van der Waals surface area contributed by atoms with Crippen molar-refractivity contribution in [1.82, 2.24) is 0 Å². The van der Waals surface area contributed by atoms with Gasteiger partial charge in [0.1, 0.15) is 30.8 Å². The summed E-state index contributed by atoms with van der Waals surface area (Å²) >= 11 is 0. The van der Waals surface area contributed by atoms with Crippen LogP contribution in [0.5, 0.6) is 0 Å². The van der Waals surface area contributed by atoms with E-state index in [1.807, 2.05) is 0 Å². The smallest absolute Gasteiger partial charge is 0.313 e. The van der Waals surface area contributed by atoms with Gasteiger partial charge in [0, 0.05) is 0 Å². The molecule has 0 rings (SSSR count). The van der Waals surface area contributed by atoms with Crippen molar-refractivity contribution in [3.63, 3.8) is 0 Å². The monoisotopic (exact) mass is 266 g/mol. The molecule has 0 aromatic carbocycles. The molecule has 8 heteroatoms. The molecule has 4 atom stereocenters. The van der Waals surface area contributed by atoms with E-state index in [-0.39, 0.29) is 6.61 Å². The van der Waals surface area contributed by atoms with Crippen molar-refractivity contribution in [2.45, 2.75) is 37.8 Å². The highest BCUT2D eigenvalue weighted by molar-refractivity contribution is 5.98. The third-order valence-corrected chi connectivity index (χ3v) is 2.21. The summed E-state index contributed by atoms with van der Waals surface area (Å²) in [4.78, 5) is 22.3. The van der Waals surface area contributed by atoms with E-state index >= 15 is 0 Å². The van der Waals surface area contributed by atoms with Crippen LogP contribution in [-0.4, -0.2) is 74.9 Å². The highest BCUT2D eigenvalue weighted by Crippen LogP contribution is 2.08. The standard InChI is InChI=1S/C10H18O8/c1-2-18-7(14)3-5(12)8(15)10(17)9(16)6(13)4-11/h6,8-11,13,15-17H,2-4H2,1H3/t6-,8+,9-,10-/m1/s1. The Balaban J connectivity index is 4.40. The van der Waals surface area contributed by atoms with Gasteiger partial charge in [0.2, 0.25) is 0 Å². The van der Waals surface area contributed by atoms with Gasteiger partial charge in [0.25, 0.3) is 0 Å². The molecule has 0 fully saturated rings. The van der Waals surface area contributed by atoms with Crippen molar-refractivity contribution in [2.24, 2.45) is 0 Å². The predicted molar refractivity (Wildman–Crippen MR) is 57.4 cm³/mol. The van der Waals surface area contributed by atoms with Gasteiger partial charge >= 0.3 is 5.97 Å². The molecule has 0 aliphatic heterocycles. The van der Waals surface area contributed by atoms with Crippen molar-refractivity contribution in [3.05, 3.63) is 0 Å². The second-order valence-electron chi connectivity index (χ2n) is 3.62. The molecule has 0 aromatic rings. The van der Waals surface area contributed by atoms with E-state index in [0.717, 1.165) is 0 Å². The minimum atomic E-state index is -2.05. The van der Waals surface area contributed by atoms with Crippen LogP contribution in [0.2, 0.25) is 0 Å². The number of esters is 1. The summed E-state index contributed by atoms with van der Waals surface area (Å²) in [6, 6.07) is 0. The van der Waals surface area contributed by atoms with Gasteiger partial charge in [-0.05, 0) is 6.92 Å². The minimum Gasteiger partial charge on any atom is -0.466 e. The van der Waals surface area contributed by atoms with E-state index in [2.05, 4.69) is 4.74 Å². The van der Waals surface area contributed by atoms with Gasteiger partial charge in [0.15, 0.2) is 5.78 Å². The van der Waals surface area contributed by atoms with Gasteiger partial charge < -0.3 is 30.3 Å². The zero-order chi connectivity index (χ0) is 14.3. The van der Waals surface area contributed by atoms with Crippen molar-refractivity contribution >= 4 is 11.8 Å². The first-order chi connectivity index (χ1) is 8.34. The van der Waals surface area contributed by atoms with Gasteiger partial charge in [-0.25, -0.2) is 0 Å². The fourth-order valence-electron chi connectivity index (χ4n) is 1.17. The van der Waals surface area contributed by atoms with Crippen LogP contribution in [0.15, 0.2) is 0 Å². The molecule has 0 spiro atoms. The maximum absolute atomic E-state index is 11.3. The average Bonchev–Trinajstić information content (AvgIpc) is 2.35. The number of Topliss-reactive ketones (excluding diaryl/α,β-unsaturated/α-hetero) is 1. The lowest BCUT2D eigenvalue weighted by molar-refractivity contribution is -0.154. The quantitative estimate of drug-likeness (QED) is 0.230. The van der Waals surface area contributed by atoms with Crippen LogP contribution in [0.3, 0.4) is 0 Å². The van der Waals surface area contributed by atoms with Gasteiger partial charge in [0.05, 0.1) is 13.2 Å². The Kier molecular flexibility index (Phi) is 7.64. The van der Waals surface area contributed by atoms with Gasteiger partial charge in [-0.15, -0.1) is 0 Å². The van der Waals surface area contributed by atoms with Gasteiger partial charge in [-0.3, -0.25) is 9.59 Å². The fraction of sp³-hybridized carbons (Fsp3) is 0.800. The highest BCUT2D eigenvalue weighted by Gasteiger charge is 2.34. The Labute approximate surface area is 103 Å². The number of carbonyl (C=O) groups is 2. The normalized spacial score (nSPS) is 17.7. The molecule has 0 unspecified atom stereocenters. The molecule has 8 nitrogen and oxygen atoms in total. The number of hydrogen-bond acceptors (Lipinski definition) is 8. The van der Waals surface area contributed by atoms with E-state index in [0.29, 0.717) is 0 Å². The molecule has 5 N–H and O–H groups in total. The summed E-state index contributed by atoms with van der Waals surface area (Å²) in [6.45, 7) is 0.753. The molecule has 0 amide bonds. The van der Waals surface area contributed by atoms with Crippen LogP contribution in [0, 0.1) is 0 Å². The SMILES string of the molecule is CCOC(=O)CC(=O)[C@H](O)[C@@H](O)[C@H](O)[C@H](O)CO. The second kappa shape index (κ2) is 8.11. The number of rotatable bonds is 8. The predicted octanol–water partition coefficient (Wildman–Crippen LogP) is -3.06. The Morgan fingerprint density at radius 3 is 2.11 bits per heavy atom. The summed E-state index contributed by atoms with van der Waals surface area (Å²) in [7, 11) is 0. The maximum atomic E-state index is 11.3. The van der Waals surface area contributed by atoms with Crippen LogP contribution in [0.25, 0.3) is 0 Å². The molecule has 0 heterocycles. The lowest BCUT2D eigenvalue weighted by atomic mass is 9.99. The van der Waals surface area contributed by atoms with E-state index in [9.17, 15) is 24.9 Å². The maximum Gasteiger partial charge on any atom is 0.313 e. The Bertz CT molecular complexity index is 279. The van der Waals surface area contributed by atoms with Crippen molar-refractivity contribution in [3.8, 4) is 0 Å². The largest absolute Gasteiger partial charge is 0.466 e. The molecule has 0 aliphatic rings. The third kappa shape index (κ3) is 5.07. The van der Waals surface area contributed by atoms with Crippen LogP contribution in [0.1, 0.15) is 13.3 Å². The lowest BCUT2D eigenvalue weighted by Gasteiger charge is -2.24. The number of hydrogen-bond donors (Lipinski definition) is 5. The number of carbonyl (C=O) groups excluding carboxylic acids is 2. The Morgan fingerprint density at radius 2 is 1.67 bits per heavy atom. The first kappa shape index (κ1) is 16.9. The summed E-state index contributed by atoms with van der Waals surface area (Å²) in [5, 5.41) is 45.5. The lowest BCUT2D eigenvalue weighted by Crippen LogP contribution is -2.49. The van der Waals surface area contributed by atoms with Crippen LogP contribution in [-0.2, 0) is 14.3 Å². The molecular weight excluding hydrogens is 248 g/mol. The van der Waals surface area contributed by atoms with Crippen molar-refractivity contribution in [2.75, 3.05) is 13.2 Å². The second-order valence-corrected chi connectivity index (χ2v) is 3.62. The van der Waals surface area contributed by atoms with Crippen LogP contribution < -0.4 is 0 Å². The highest BCUT2D eigenvalue weighted by atomic mass is 16.5. The van der Waals surface area contributed by atoms with Crippen molar-refractivity contribution in [1.29, 1.82) is 0 Å². The zero-order valence-electron chi connectivity index (χ0n) is 9.89. The number of aliphatic hydroxyl groups is 5. The zero-order valence-corrected chi connectivity index (χ0v) is 9.89. The molecule has 106 valence electrons. The average molecular weight is 266 g/mol. The minimum absolute atomic E-state index is 0.0661. The third-order valence-electron chi connectivity index (χ3n) is 2.21. The van der Waals surface area contributed by atoms with E-state index in [1.54, 1.807) is 0 Å². The molecule has 0 saturated carbocycles. The van der Waals surface area contributed by atoms with E-state index in [4.69, 9.17) is 10.2 Å². The number of aliphatic hydroxyl groups excluding tert-OH is 5. The molecule has 0 bridgehead atoms. The van der Waals surface area contributed by atoms with E-state index < -0.39 is 49.2 Å². The Hall–Kier alpha value is -1.06. The summed E-state index contributed by atoms with van der Waals surface area (Å²) in [5.74, 6) is -1.92. The number of ether oxygens (including phenoxy) is 1. The first-order valence-electron chi connectivity index (χ1n) is 5.36. The Morgan fingerprint density at radius 1 is 1.11 bits per heavy atom. The van der Waals surface area contributed by atoms with Crippen molar-refractivity contribution < 1.29 is 39.9 Å². The van der Waals surface area contributed by atoms with Crippen LogP contribution >= 0.6 is 0 Å². The molecule has 0 aliphatic carbocycles. The van der Waals surface area contributed by atoms with Crippen LogP contribution in [0.4, 0.5) is 0 Å².